The van der Waals surface area contributed by atoms with Crippen LogP contribution in [0.5, 0.6) is 0 Å². The van der Waals surface area contributed by atoms with Crippen molar-refractivity contribution >= 4 is 17.4 Å². The lowest BCUT2D eigenvalue weighted by atomic mass is 10.2. The summed E-state index contributed by atoms with van der Waals surface area (Å²) in [5.74, 6) is -1.36. The van der Waals surface area contributed by atoms with Crippen molar-refractivity contribution in [2.75, 3.05) is 29.9 Å². The van der Waals surface area contributed by atoms with Crippen LogP contribution < -0.4 is 10.2 Å². The summed E-state index contributed by atoms with van der Waals surface area (Å²) in [7, 11) is 0. The predicted octanol–water partition coefficient (Wildman–Crippen LogP) is 3.19. The zero-order valence-corrected chi connectivity index (χ0v) is 14.4. The van der Waals surface area contributed by atoms with Crippen molar-refractivity contribution in [1.82, 2.24) is 4.90 Å². The van der Waals surface area contributed by atoms with E-state index >= 15 is 0 Å². The maximum absolute atomic E-state index is 14.3. The fraction of sp³-hybridized carbons (Fsp3) is 0.588. The Morgan fingerprint density at radius 2 is 1.79 bits per heavy atom. The van der Waals surface area contributed by atoms with Gasteiger partial charge in [-0.05, 0) is 45.7 Å². The molecule has 0 aromatic heterocycles. The molecule has 1 heterocycles. The van der Waals surface area contributed by atoms with Crippen LogP contribution in [0.4, 0.5) is 25.0 Å². The molecule has 1 fully saturated rings. The number of aliphatic hydroxyl groups is 1. The minimum absolute atomic E-state index is 0.0322. The van der Waals surface area contributed by atoms with Gasteiger partial charge in [0.2, 0.25) is 0 Å². The molecule has 2 N–H and O–H groups in total. The van der Waals surface area contributed by atoms with Gasteiger partial charge in [-0.2, -0.15) is 0 Å². The molecule has 2 rings (SSSR count). The first-order valence-corrected chi connectivity index (χ1v) is 8.29. The zero-order valence-electron chi connectivity index (χ0n) is 14.4. The minimum Gasteiger partial charge on any atom is -0.392 e. The van der Waals surface area contributed by atoms with Gasteiger partial charge in [0.25, 0.3) is 0 Å². The fourth-order valence-corrected chi connectivity index (χ4v) is 2.89. The summed E-state index contributed by atoms with van der Waals surface area (Å²) in [6, 6.07) is 1.61. The number of hydrogen-bond donors (Lipinski definition) is 2. The van der Waals surface area contributed by atoms with E-state index in [2.05, 4.69) is 5.32 Å². The van der Waals surface area contributed by atoms with Crippen LogP contribution in [0.2, 0.25) is 0 Å². The quantitative estimate of drug-likeness (QED) is 0.865. The van der Waals surface area contributed by atoms with E-state index in [9.17, 15) is 18.7 Å². The van der Waals surface area contributed by atoms with Crippen LogP contribution in [-0.4, -0.2) is 47.8 Å². The highest BCUT2D eigenvalue weighted by Crippen LogP contribution is 2.29. The third-order valence-electron chi connectivity index (χ3n) is 4.04. The minimum atomic E-state index is -0.691. The van der Waals surface area contributed by atoms with Crippen LogP contribution in [0, 0.1) is 11.6 Å². The standard InChI is InChI=1S/C17H25F2N3O2/c1-11(2)22(10-12(3)23)17(24)20-13-8-14(18)16(15(19)9-13)21-6-4-5-7-21/h8-9,11-12,23H,4-7,10H2,1-3H3,(H,20,24). The van der Waals surface area contributed by atoms with E-state index in [1.807, 2.05) is 0 Å². The molecule has 5 nitrogen and oxygen atoms in total. The van der Waals surface area contributed by atoms with Gasteiger partial charge in [-0.15, -0.1) is 0 Å². The second-order valence-electron chi connectivity index (χ2n) is 6.51. The summed E-state index contributed by atoms with van der Waals surface area (Å²) in [5.41, 5.74) is 0.0318. The summed E-state index contributed by atoms with van der Waals surface area (Å²) < 4.78 is 28.6. The highest BCUT2D eigenvalue weighted by atomic mass is 19.1. The Bertz CT molecular complexity index is 564. The van der Waals surface area contributed by atoms with Crippen LogP contribution in [0.15, 0.2) is 12.1 Å². The van der Waals surface area contributed by atoms with Gasteiger partial charge < -0.3 is 20.2 Å². The number of nitrogens with zero attached hydrogens (tertiary/aromatic N) is 2. The zero-order chi connectivity index (χ0) is 17.9. The average molecular weight is 341 g/mol. The Morgan fingerprint density at radius 3 is 2.25 bits per heavy atom. The fourth-order valence-electron chi connectivity index (χ4n) is 2.89. The molecule has 2 amide bonds. The molecule has 0 spiro atoms. The maximum Gasteiger partial charge on any atom is 0.322 e. The Morgan fingerprint density at radius 1 is 1.25 bits per heavy atom. The molecule has 24 heavy (non-hydrogen) atoms. The third kappa shape index (κ3) is 4.35. The number of anilines is 2. The van der Waals surface area contributed by atoms with Crippen molar-refractivity contribution < 1.29 is 18.7 Å². The lowest BCUT2D eigenvalue weighted by molar-refractivity contribution is 0.125. The van der Waals surface area contributed by atoms with Crippen molar-refractivity contribution in [1.29, 1.82) is 0 Å². The number of nitrogens with one attached hydrogen (secondary N) is 1. The van der Waals surface area contributed by atoms with Gasteiger partial charge >= 0.3 is 6.03 Å². The average Bonchev–Trinajstić information content (AvgIpc) is 2.97. The number of benzene rings is 1. The number of hydrogen-bond acceptors (Lipinski definition) is 3. The predicted molar refractivity (Wildman–Crippen MR) is 90.3 cm³/mol. The molecular weight excluding hydrogens is 316 g/mol. The van der Waals surface area contributed by atoms with Crippen LogP contribution in [0.25, 0.3) is 0 Å². The second-order valence-corrected chi connectivity index (χ2v) is 6.51. The Hall–Kier alpha value is -1.89. The van der Waals surface area contributed by atoms with Gasteiger partial charge in [-0.3, -0.25) is 0 Å². The van der Waals surface area contributed by atoms with E-state index in [1.165, 1.54) is 4.90 Å². The molecule has 0 radical (unpaired) electrons. The van der Waals surface area contributed by atoms with Crippen molar-refractivity contribution in [3.8, 4) is 0 Å². The second kappa shape index (κ2) is 7.79. The molecule has 1 aliphatic rings. The van der Waals surface area contributed by atoms with E-state index in [-0.39, 0.29) is 24.0 Å². The molecule has 0 aliphatic carbocycles. The summed E-state index contributed by atoms with van der Waals surface area (Å²) in [6.45, 7) is 6.59. The lowest BCUT2D eigenvalue weighted by Gasteiger charge is -2.28. The molecule has 0 bridgehead atoms. The maximum atomic E-state index is 14.3. The summed E-state index contributed by atoms with van der Waals surface area (Å²) in [6.07, 6.45) is 1.14. The molecule has 1 unspecified atom stereocenters. The van der Waals surface area contributed by atoms with Gasteiger partial charge in [0.15, 0.2) is 11.6 Å². The van der Waals surface area contributed by atoms with Crippen molar-refractivity contribution in [3.63, 3.8) is 0 Å². The molecule has 1 atom stereocenters. The Kier molecular flexibility index (Phi) is 5.99. The topological polar surface area (TPSA) is 55.8 Å². The largest absolute Gasteiger partial charge is 0.392 e. The van der Waals surface area contributed by atoms with Gasteiger partial charge in [0.05, 0.1) is 6.10 Å². The van der Waals surface area contributed by atoms with Crippen molar-refractivity contribution in [2.24, 2.45) is 0 Å². The van der Waals surface area contributed by atoms with Crippen LogP contribution in [0.1, 0.15) is 33.6 Å². The monoisotopic (exact) mass is 341 g/mol. The SMILES string of the molecule is CC(O)CN(C(=O)Nc1cc(F)c(N2CCCC2)c(F)c1)C(C)C. The number of carbonyl (C=O) groups excluding carboxylic acids is 1. The number of rotatable bonds is 5. The van der Waals surface area contributed by atoms with Crippen LogP contribution in [0.3, 0.4) is 0 Å². The number of amides is 2. The molecular formula is C17H25F2N3O2. The van der Waals surface area contributed by atoms with Crippen molar-refractivity contribution in [3.05, 3.63) is 23.8 Å². The Labute approximate surface area is 141 Å². The van der Waals surface area contributed by atoms with Crippen molar-refractivity contribution in [2.45, 2.75) is 45.8 Å². The summed E-state index contributed by atoms with van der Waals surface area (Å²) >= 11 is 0. The number of halogens is 2. The molecule has 0 saturated carbocycles. The van der Waals surface area contributed by atoms with E-state index in [0.29, 0.717) is 13.1 Å². The number of aliphatic hydroxyl groups excluding tert-OH is 1. The molecule has 134 valence electrons. The molecule has 1 aromatic carbocycles. The lowest BCUT2D eigenvalue weighted by Crippen LogP contribution is -2.43. The smallest absolute Gasteiger partial charge is 0.322 e. The van der Waals surface area contributed by atoms with E-state index < -0.39 is 23.8 Å². The normalized spacial score (nSPS) is 15.7. The first kappa shape index (κ1) is 18.4. The molecule has 7 heteroatoms. The first-order valence-electron chi connectivity index (χ1n) is 8.29. The molecule has 1 saturated heterocycles. The van der Waals surface area contributed by atoms with Crippen LogP contribution in [-0.2, 0) is 0 Å². The van der Waals surface area contributed by atoms with Gasteiger partial charge in [-0.1, -0.05) is 0 Å². The molecule has 1 aliphatic heterocycles. The van der Waals surface area contributed by atoms with Gasteiger partial charge in [0.1, 0.15) is 5.69 Å². The first-order chi connectivity index (χ1) is 11.3. The number of carbonyl (C=O) groups is 1. The third-order valence-corrected chi connectivity index (χ3v) is 4.04. The highest BCUT2D eigenvalue weighted by molar-refractivity contribution is 5.89. The summed E-state index contributed by atoms with van der Waals surface area (Å²) in [4.78, 5) is 15.4. The van der Waals surface area contributed by atoms with Gasteiger partial charge in [-0.25, -0.2) is 13.6 Å². The Balaban J connectivity index is 2.16. The highest BCUT2D eigenvalue weighted by Gasteiger charge is 2.23. The summed E-state index contributed by atoms with van der Waals surface area (Å²) in [5, 5.41) is 12.0. The van der Waals surface area contributed by atoms with E-state index in [4.69, 9.17) is 0 Å². The van der Waals surface area contributed by atoms with E-state index in [0.717, 1.165) is 25.0 Å². The van der Waals surface area contributed by atoms with Gasteiger partial charge in [0, 0.05) is 31.4 Å². The molecule has 1 aromatic rings. The number of urea groups is 1. The van der Waals surface area contributed by atoms with Crippen LogP contribution >= 0.6 is 0 Å². The van der Waals surface area contributed by atoms with E-state index in [1.54, 1.807) is 25.7 Å².